The van der Waals surface area contributed by atoms with Gasteiger partial charge in [0.2, 0.25) is 0 Å². The first-order valence-corrected chi connectivity index (χ1v) is 8.59. The van der Waals surface area contributed by atoms with Gasteiger partial charge in [-0.2, -0.15) is 5.10 Å². The van der Waals surface area contributed by atoms with Crippen LogP contribution < -0.4 is 4.90 Å². The fourth-order valence-electron chi connectivity index (χ4n) is 3.24. The molecular weight excluding hydrogens is 322 g/mol. The number of fused-ring (bicyclic) bond motifs is 1. The Kier molecular flexibility index (Phi) is 4.12. The smallest absolute Gasteiger partial charge is 0.154 e. The molecule has 0 bridgehead atoms. The molecule has 1 aliphatic heterocycles. The third-order valence-corrected chi connectivity index (χ3v) is 4.73. The maximum Gasteiger partial charge on any atom is 0.154 e. The monoisotopic (exact) mass is 341 g/mol. The Bertz CT molecular complexity index is 834. The van der Waals surface area contributed by atoms with E-state index in [9.17, 15) is 0 Å². The molecule has 0 radical (unpaired) electrons. The minimum Gasteiger partial charge on any atom is -0.352 e. The lowest BCUT2D eigenvalue weighted by Crippen LogP contribution is -2.46. The van der Waals surface area contributed by atoms with Crippen LogP contribution in [-0.2, 0) is 6.54 Å². The molecule has 1 saturated heterocycles. The van der Waals surface area contributed by atoms with E-state index in [0.717, 1.165) is 54.8 Å². The van der Waals surface area contributed by atoms with Crippen molar-refractivity contribution >= 4 is 22.9 Å². The van der Waals surface area contributed by atoms with Crippen molar-refractivity contribution in [2.24, 2.45) is 0 Å². The molecule has 0 saturated carbocycles. The fourth-order valence-corrected chi connectivity index (χ4v) is 3.37. The molecule has 3 aromatic rings. The average molecular weight is 342 g/mol. The van der Waals surface area contributed by atoms with Crippen LogP contribution in [0, 0.1) is 6.92 Å². The zero-order valence-electron chi connectivity index (χ0n) is 13.7. The highest BCUT2D eigenvalue weighted by atomic mass is 35.5. The highest BCUT2D eigenvalue weighted by Gasteiger charge is 2.20. The number of hydrogen-bond donors (Lipinski definition) is 0. The Hall–Kier alpha value is -2.11. The third kappa shape index (κ3) is 3.09. The first-order chi connectivity index (χ1) is 11.7. The second-order valence-electron chi connectivity index (χ2n) is 6.26. The summed E-state index contributed by atoms with van der Waals surface area (Å²) in [4.78, 5) is 9.42. The van der Waals surface area contributed by atoms with Gasteiger partial charge in [-0.05, 0) is 30.7 Å². The number of benzene rings is 1. The summed E-state index contributed by atoms with van der Waals surface area (Å²) in [5, 5.41) is 5.27. The summed E-state index contributed by atoms with van der Waals surface area (Å²) in [6.45, 7) is 6.99. The SMILES string of the molecule is Cc1cc2c(N3CCN(Cc4ccc(Cl)cc4)CC3)nccn2n1. The number of aryl methyl sites for hydroxylation is 1. The molecule has 0 N–H and O–H groups in total. The largest absolute Gasteiger partial charge is 0.352 e. The van der Waals surface area contributed by atoms with Gasteiger partial charge in [-0.25, -0.2) is 9.50 Å². The molecule has 4 rings (SSSR count). The van der Waals surface area contributed by atoms with Crippen molar-refractivity contribution in [2.75, 3.05) is 31.1 Å². The minimum atomic E-state index is 0.791. The van der Waals surface area contributed by atoms with Gasteiger partial charge in [-0.15, -0.1) is 0 Å². The first-order valence-electron chi connectivity index (χ1n) is 8.22. The summed E-state index contributed by atoms with van der Waals surface area (Å²) in [5.74, 6) is 1.03. The molecule has 24 heavy (non-hydrogen) atoms. The van der Waals surface area contributed by atoms with Crippen molar-refractivity contribution in [1.29, 1.82) is 0 Å². The molecule has 2 aromatic heterocycles. The summed E-state index contributed by atoms with van der Waals surface area (Å²) in [7, 11) is 0. The van der Waals surface area contributed by atoms with Gasteiger partial charge < -0.3 is 4.90 Å². The van der Waals surface area contributed by atoms with Gasteiger partial charge >= 0.3 is 0 Å². The second-order valence-corrected chi connectivity index (χ2v) is 6.69. The lowest BCUT2D eigenvalue weighted by molar-refractivity contribution is 0.249. The molecule has 0 amide bonds. The van der Waals surface area contributed by atoms with Crippen LogP contribution >= 0.6 is 11.6 Å². The Morgan fingerprint density at radius 3 is 2.58 bits per heavy atom. The van der Waals surface area contributed by atoms with E-state index >= 15 is 0 Å². The predicted molar refractivity (Wildman–Crippen MR) is 96.7 cm³/mol. The van der Waals surface area contributed by atoms with Crippen LogP contribution in [0.25, 0.3) is 5.52 Å². The molecule has 0 aliphatic carbocycles. The summed E-state index contributed by atoms with van der Waals surface area (Å²) in [6.07, 6.45) is 3.73. The molecule has 1 fully saturated rings. The quantitative estimate of drug-likeness (QED) is 0.734. The van der Waals surface area contributed by atoms with Crippen LogP contribution in [0.5, 0.6) is 0 Å². The van der Waals surface area contributed by atoms with E-state index in [1.165, 1.54) is 5.56 Å². The van der Waals surface area contributed by atoms with Crippen molar-refractivity contribution in [3.8, 4) is 0 Å². The van der Waals surface area contributed by atoms with E-state index in [2.05, 4.69) is 38.1 Å². The lowest BCUT2D eigenvalue weighted by atomic mass is 10.2. The normalized spacial score (nSPS) is 16.0. The van der Waals surface area contributed by atoms with Crippen molar-refractivity contribution < 1.29 is 0 Å². The number of aromatic nitrogens is 3. The van der Waals surface area contributed by atoms with Crippen LogP contribution in [0.4, 0.5) is 5.82 Å². The van der Waals surface area contributed by atoms with Gasteiger partial charge in [0.15, 0.2) is 5.82 Å². The number of halogens is 1. The van der Waals surface area contributed by atoms with Gasteiger partial charge in [0, 0.05) is 50.1 Å². The summed E-state index contributed by atoms with van der Waals surface area (Å²) in [6, 6.07) is 10.2. The van der Waals surface area contributed by atoms with E-state index in [1.54, 1.807) is 0 Å². The third-order valence-electron chi connectivity index (χ3n) is 4.48. The zero-order chi connectivity index (χ0) is 16.5. The molecule has 1 aromatic carbocycles. The standard InChI is InChI=1S/C18H20ClN5/c1-14-12-17-18(20-6-7-24(17)21-14)23-10-8-22(9-11-23)13-15-2-4-16(19)5-3-15/h2-7,12H,8-11,13H2,1H3. The lowest BCUT2D eigenvalue weighted by Gasteiger charge is -2.35. The van der Waals surface area contributed by atoms with Crippen molar-refractivity contribution in [2.45, 2.75) is 13.5 Å². The molecule has 0 spiro atoms. The highest BCUT2D eigenvalue weighted by molar-refractivity contribution is 6.30. The number of piperazine rings is 1. The Labute approximate surface area is 146 Å². The molecule has 124 valence electrons. The Morgan fingerprint density at radius 2 is 1.83 bits per heavy atom. The molecule has 5 nitrogen and oxygen atoms in total. The maximum absolute atomic E-state index is 5.96. The Balaban J connectivity index is 1.44. The predicted octanol–water partition coefficient (Wildman–Crippen LogP) is 3.01. The van der Waals surface area contributed by atoms with Gasteiger partial charge in [0.1, 0.15) is 5.52 Å². The van der Waals surface area contributed by atoms with E-state index in [0.29, 0.717) is 0 Å². The number of anilines is 1. The summed E-state index contributed by atoms with van der Waals surface area (Å²) >= 11 is 5.96. The summed E-state index contributed by atoms with van der Waals surface area (Å²) in [5.41, 5.74) is 3.41. The topological polar surface area (TPSA) is 36.7 Å². The van der Waals surface area contributed by atoms with Crippen molar-refractivity contribution in [3.05, 3.63) is 59.0 Å². The van der Waals surface area contributed by atoms with Gasteiger partial charge in [-0.3, -0.25) is 4.90 Å². The van der Waals surface area contributed by atoms with Crippen molar-refractivity contribution in [3.63, 3.8) is 0 Å². The van der Waals surface area contributed by atoms with Crippen LogP contribution in [0.15, 0.2) is 42.7 Å². The fraction of sp³-hybridized carbons (Fsp3) is 0.333. The zero-order valence-corrected chi connectivity index (χ0v) is 14.4. The molecule has 6 heteroatoms. The highest BCUT2D eigenvalue weighted by Crippen LogP contribution is 2.21. The van der Waals surface area contributed by atoms with Crippen molar-refractivity contribution in [1.82, 2.24) is 19.5 Å². The van der Waals surface area contributed by atoms with Crippen LogP contribution in [0.2, 0.25) is 5.02 Å². The minimum absolute atomic E-state index is 0.791. The summed E-state index contributed by atoms with van der Waals surface area (Å²) < 4.78 is 1.91. The second kappa shape index (κ2) is 6.42. The average Bonchev–Trinajstić information content (AvgIpc) is 2.98. The van der Waals surface area contributed by atoms with Crippen LogP contribution in [0.1, 0.15) is 11.3 Å². The maximum atomic E-state index is 5.96. The van der Waals surface area contributed by atoms with E-state index < -0.39 is 0 Å². The van der Waals surface area contributed by atoms with Gasteiger partial charge in [0.05, 0.1) is 5.69 Å². The van der Waals surface area contributed by atoms with Crippen LogP contribution in [0.3, 0.4) is 0 Å². The molecular formula is C18H20ClN5. The van der Waals surface area contributed by atoms with Gasteiger partial charge in [0.25, 0.3) is 0 Å². The first kappa shape index (κ1) is 15.4. The van der Waals surface area contributed by atoms with Crippen LogP contribution in [-0.4, -0.2) is 45.7 Å². The van der Waals surface area contributed by atoms with E-state index in [1.807, 2.05) is 36.0 Å². The number of hydrogen-bond acceptors (Lipinski definition) is 4. The van der Waals surface area contributed by atoms with E-state index in [-0.39, 0.29) is 0 Å². The molecule has 1 aliphatic rings. The number of rotatable bonds is 3. The van der Waals surface area contributed by atoms with Gasteiger partial charge in [-0.1, -0.05) is 23.7 Å². The molecule has 0 unspecified atom stereocenters. The molecule has 3 heterocycles. The number of nitrogens with zero attached hydrogens (tertiary/aromatic N) is 5. The van der Waals surface area contributed by atoms with E-state index in [4.69, 9.17) is 11.6 Å². The molecule has 0 atom stereocenters. The Morgan fingerprint density at radius 1 is 1.08 bits per heavy atom.